The smallest absolute Gasteiger partial charge is 0.263 e. The Bertz CT molecular complexity index is 677. The minimum atomic E-state index is -0.0756. The monoisotopic (exact) mass is 282 g/mol. The second-order valence-corrected chi connectivity index (χ2v) is 5.66. The van der Waals surface area contributed by atoms with Crippen molar-refractivity contribution in [3.63, 3.8) is 0 Å². The van der Waals surface area contributed by atoms with Gasteiger partial charge in [0.05, 0.1) is 10.6 Å². The molecule has 3 rings (SSSR count). The molecule has 0 unspecified atom stereocenters. The van der Waals surface area contributed by atoms with Crippen LogP contribution in [-0.2, 0) is 4.79 Å². The van der Waals surface area contributed by atoms with E-state index in [-0.39, 0.29) is 5.91 Å². The standard InChI is InChI=1S/C16H14N2OS/c1-11-6-8-12(9-7-11)17-10-15-16(19)18-13-4-2-3-5-14(13)20-15/h2-10,17H,1H3,(H,18,19). The van der Waals surface area contributed by atoms with Crippen molar-refractivity contribution >= 4 is 29.0 Å². The molecule has 0 spiro atoms. The van der Waals surface area contributed by atoms with Gasteiger partial charge in [0.1, 0.15) is 0 Å². The van der Waals surface area contributed by atoms with Crippen molar-refractivity contribution in [3.05, 3.63) is 65.2 Å². The van der Waals surface area contributed by atoms with Gasteiger partial charge in [-0.05, 0) is 31.2 Å². The van der Waals surface area contributed by atoms with Crippen LogP contribution in [0.15, 0.2) is 64.5 Å². The number of thioether (sulfide) groups is 1. The Hall–Kier alpha value is -2.20. The molecule has 100 valence electrons. The Morgan fingerprint density at radius 2 is 1.85 bits per heavy atom. The van der Waals surface area contributed by atoms with Crippen molar-refractivity contribution in [2.24, 2.45) is 0 Å². The lowest BCUT2D eigenvalue weighted by Crippen LogP contribution is -2.17. The minimum Gasteiger partial charge on any atom is -0.360 e. The molecule has 20 heavy (non-hydrogen) atoms. The molecule has 0 aliphatic carbocycles. The van der Waals surface area contributed by atoms with Crippen molar-refractivity contribution in [1.29, 1.82) is 0 Å². The number of para-hydroxylation sites is 1. The fourth-order valence-corrected chi connectivity index (χ4v) is 2.78. The van der Waals surface area contributed by atoms with Gasteiger partial charge in [-0.3, -0.25) is 4.79 Å². The first-order chi connectivity index (χ1) is 9.72. The average molecular weight is 282 g/mol. The first kappa shape index (κ1) is 12.8. The third kappa shape index (κ3) is 2.70. The van der Waals surface area contributed by atoms with Gasteiger partial charge in [0, 0.05) is 16.8 Å². The van der Waals surface area contributed by atoms with Crippen LogP contribution in [0.3, 0.4) is 0 Å². The van der Waals surface area contributed by atoms with Gasteiger partial charge >= 0.3 is 0 Å². The molecule has 0 aromatic heterocycles. The third-order valence-electron chi connectivity index (χ3n) is 3.00. The van der Waals surface area contributed by atoms with E-state index < -0.39 is 0 Å². The highest BCUT2D eigenvalue weighted by Gasteiger charge is 2.20. The fourth-order valence-electron chi connectivity index (χ4n) is 1.90. The SMILES string of the molecule is Cc1ccc(NC=C2Sc3ccccc3NC2=O)cc1. The van der Waals surface area contributed by atoms with Crippen LogP contribution in [0.2, 0.25) is 0 Å². The number of carbonyl (C=O) groups excluding carboxylic acids is 1. The van der Waals surface area contributed by atoms with Crippen LogP contribution in [0.5, 0.6) is 0 Å². The van der Waals surface area contributed by atoms with Gasteiger partial charge < -0.3 is 10.6 Å². The first-order valence-electron chi connectivity index (χ1n) is 6.34. The minimum absolute atomic E-state index is 0.0756. The maximum Gasteiger partial charge on any atom is 0.263 e. The predicted molar refractivity (Wildman–Crippen MR) is 83.8 cm³/mol. The van der Waals surface area contributed by atoms with Crippen LogP contribution in [-0.4, -0.2) is 5.91 Å². The molecule has 2 N–H and O–H groups in total. The molecule has 0 saturated heterocycles. The summed E-state index contributed by atoms with van der Waals surface area (Å²) < 4.78 is 0. The quantitative estimate of drug-likeness (QED) is 0.818. The van der Waals surface area contributed by atoms with Gasteiger partial charge in [-0.25, -0.2) is 0 Å². The molecular formula is C16H14N2OS. The first-order valence-corrected chi connectivity index (χ1v) is 7.15. The van der Waals surface area contributed by atoms with E-state index in [4.69, 9.17) is 0 Å². The molecular weight excluding hydrogens is 268 g/mol. The Labute approximate surface area is 122 Å². The predicted octanol–water partition coefficient (Wildman–Crippen LogP) is 3.99. The van der Waals surface area contributed by atoms with Gasteiger partial charge in [-0.2, -0.15) is 0 Å². The van der Waals surface area contributed by atoms with Crippen molar-refractivity contribution in [1.82, 2.24) is 0 Å². The van der Waals surface area contributed by atoms with Crippen molar-refractivity contribution in [2.75, 3.05) is 10.6 Å². The molecule has 0 radical (unpaired) electrons. The maximum absolute atomic E-state index is 12.0. The van der Waals surface area contributed by atoms with Gasteiger partial charge in [-0.1, -0.05) is 41.6 Å². The molecule has 1 amide bonds. The fraction of sp³-hybridized carbons (Fsp3) is 0.0625. The summed E-state index contributed by atoms with van der Waals surface area (Å²) in [4.78, 5) is 13.7. The molecule has 3 nitrogen and oxygen atoms in total. The summed E-state index contributed by atoms with van der Waals surface area (Å²) in [5.74, 6) is -0.0756. The molecule has 0 atom stereocenters. The number of hydrogen-bond donors (Lipinski definition) is 2. The molecule has 4 heteroatoms. The highest BCUT2D eigenvalue weighted by Crippen LogP contribution is 2.37. The number of hydrogen-bond acceptors (Lipinski definition) is 3. The summed E-state index contributed by atoms with van der Waals surface area (Å²) in [7, 11) is 0. The van der Waals surface area contributed by atoms with Gasteiger partial charge in [-0.15, -0.1) is 0 Å². The third-order valence-corrected chi connectivity index (χ3v) is 4.10. The van der Waals surface area contributed by atoms with Crippen molar-refractivity contribution < 1.29 is 4.79 Å². The average Bonchev–Trinajstić information content (AvgIpc) is 2.47. The Morgan fingerprint density at radius 1 is 1.10 bits per heavy atom. The summed E-state index contributed by atoms with van der Waals surface area (Å²) in [5.41, 5.74) is 3.05. The zero-order valence-electron chi connectivity index (χ0n) is 11.0. The molecule has 1 aliphatic heterocycles. The lowest BCUT2D eigenvalue weighted by molar-refractivity contribution is -0.112. The molecule has 0 bridgehead atoms. The molecule has 0 fully saturated rings. The summed E-state index contributed by atoms with van der Waals surface area (Å²) >= 11 is 1.47. The highest BCUT2D eigenvalue weighted by molar-refractivity contribution is 8.04. The number of amides is 1. The second-order valence-electron chi connectivity index (χ2n) is 4.57. The van der Waals surface area contributed by atoms with Gasteiger partial charge in [0.25, 0.3) is 5.91 Å². The largest absolute Gasteiger partial charge is 0.360 e. The van der Waals surface area contributed by atoms with Crippen LogP contribution >= 0.6 is 11.8 Å². The lowest BCUT2D eigenvalue weighted by atomic mass is 10.2. The summed E-state index contributed by atoms with van der Waals surface area (Å²) in [6, 6.07) is 15.8. The van der Waals surface area contributed by atoms with E-state index in [1.807, 2.05) is 55.5 Å². The molecule has 1 aliphatic rings. The normalized spacial score (nSPS) is 15.7. The van der Waals surface area contributed by atoms with Crippen LogP contribution in [0.1, 0.15) is 5.56 Å². The highest BCUT2D eigenvalue weighted by atomic mass is 32.2. The number of carbonyl (C=O) groups is 1. The number of anilines is 2. The van der Waals surface area contributed by atoms with Crippen LogP contribution in [0, 0.1) is 6.92 Å². The van der Waals surface area contributed by atoms with E-state index in [9.17, 15) is 4.79 Å². The summed E-state index contributed by atoms with van der Waals surface area (Å²) in [6.07, 6.45) is 1.75. The molecule has 2 aromatic carbocycles. The van der Waals surface area contributed by atoms with Crippen LogP contribution in [0.4, 0.5) is 11.4 Å². The number of fused-ring (bicyclic) bond motifs is 1. The summed E-state index contributed by atoms with van der Waals surface area (Å²) in [5, 5.41) is 6.05. The van der Waals surface area contributed by atoms with Crippen LogP contribution < -0.4 is 10.6 Å². The van der Waals surface area contributed by atoms with Gasteiger partial charge in [0.2, 0.25) is 0 Å². The Kier molecular flexibility index (Phi) is 3.48. The van der Waals surface area contributed by atoms with E-state index in [1.54, 1.807) is 6.20 Å². The van der Waals surface area contributed by atoms with Crippen LogP contribution in [0.25, 0.3) is 0 Å². The maximum atomic E-state index is 12.0. The molecule has 2 aromatic rings. The van der Waals surface area contributed by atoms with Crippen molar-refractivity contribution in [2.45, 2.75) is 11.8 Å². The van der Waals surface area contributed by atoms with E-state index in [0.29, 0.717) is 4.91 Å². The number of aryl methyl sites for hydroxylation is 1. The molecule has 1 heterocycles. The zero-order chi connectivity index (χ0) is 13.9. The summed E-state index contributed by atoms with van der Waals surface area (Å²) in [6.45, 7) is 2.05. The van der Waals surface area contributed by atoms with E-state index in [1.165, 1.54) is 17.3 Å². The topological polar surface area (TPSA) is 41.1 Å². The van der Waals surface area contributed by atoms with E-state index in [0.717, 1.165) is 16.3 Å². The lowest BCUT2D eigenvalue weighted by Gasteiger charge is -2.18. The number of rotatable bonds is 2. The molecule has 0 saturated carbocycles. The van der Waals surface area contributed by atoms with Gasteiger partial charge in [0.15, 0.2) is 0 Å². The van der Waals surface area contributed by atoms with E-state index in [2.05, 4.69) is 10.6 Å². The number of nitrogens with one attached hydrogen (secondary N) is 2. The van der Waals surface area contributed by atoms with Crippen molar-refractivity contribution in [3.8, 4) is 0 Å². The van der Waals surface area contributed by atoms with E-state index >= 15 is 0 Å². The second kappa shape index (κ2) is 5.43. The Balaban J connectivity index is 1.79. The Morgan fingerprint density at radius 3 is 2.65 bits per heavy atom. The number of benzene rings is 2. The zero-order valence-corrected chi connectivity index (χ0v) is 11.8.